The number of nitrogens with zero attached hydrogens (tertiary/aromatic N) is 2. The first-order chi connectivity index (χ1) is 9.54. The fourth-order valence-corrected chi connectivity index (χ4v) is 2.59. The van der Waals surface area contributed by atoms with E-state index in [9.17, 15) is 0 Å². The van der Waals surface area contributed by atoms with Gasteiger partial charge in [-0.25, -0.2) is 0 Å². The van der Waals surface area contributed by atoms with E-state index in [1.54, 1.807) is 7.11 Å². The van der Waals surface area contributed by atoms with Gasteiger partial charge in [-0.15, -0.1) is 24.0 Å². The normalized spacial score (nSPS) is 17.3. The number of likely N-dealkylation sites (tertiary alicyclic amines) is 1. The number of guanidine groups is 1. The van der Waals surface area contributed by atoms with Gasteiger partial charge in [-0.1, -0.05) is 26.0 Å². The first-order valence-electron chi connectivity index (χ1n) is 7.12. The molecule has 0 aliphatic carbocycles. The minimum Gasteiger partial charge on any atom is -0.497 e. The summed E-state index contributed by atoms with van der Waals surface area (Å²) in [4.78, 5) is 6.73. The molecule has 1 aromatic carbocycles. The maximum Gasteiger partial charge on any atom is 0.193 e. The fraction of sp³-hybridized carbons (Fsp3) is 0.562. The molecule has 1 N–H and O–H groups in total. The third-order valence-corrected chi connectivity index (χ3v) is 3.77. The summed E-state index contributed by atoms with van der Waals surface area (Å²) in [6.45, 7) is 7.51. The quantitative estimate of drug-likeness (QED) is 0.479. The van der Waals surface area contributed by atoms with Gasteiger partial charge in [0.1, 0.15) is 5.75 Å². The Morgan fingerprint density at radius 2 is 2.19 bits per heavy atom. The van der Waals surface area contributed by atoms with E-state index in [1.165, 1.54) is 12.0 Å². The van der Waals surface area contributed by atoms with Crippen LogP contribution in [0.5, 0.6) is 5.75 Å². The lowest BCUT2D eigenvalue weighted by molar-refractivity contribution is 0.370. The molecule has 1 aliphatic heterocycles. The number of hydrogen-bond acceptors (Lipinski definition) is 2. The summed E-state index contributed by atoms with van der Waals surface area (Å²) in [6, 6.07) is 8.11. The molecule has 1 fully saturated rings. The Bertz CT molecular complexity index is 488. The van der Waals surface area contributed by atoms with Crippen LogP contribution in [0, 0.1) is 5.41 Å². The molecule has 0 aromatic heterocycles. The second-order valence-corrected chi connectivity index (χ2v) is 6.09. The van der Waals surface area contributed by atoms with Gasteiger partial charge in [0.15, 0.2) is 5.96 Å². The van der Waals surface area contributed by atoms with Crippen molar-refractivity contribution in [3.8, 4) is 5.75 Å². The van der Waals surface area contributed by atoms with Crippen molar-refractivity contribution in [1.29, 1.82) is 0 Å². The summed E-state index contributed by atoms with van der Waals surface area (Å²) in [5, 5.41) is 3.44. The molecule has 0 unspecified atom stereocenters. The molecule has 1 aromatic rings. The Labute approximate surface area is 145 Å². The number of rotatable bonds is 3. The number of methoxy groups -OCH3 is 1. The van der Waals surface area contributed by atoms with Crippen LogP contribution in [0.2, 0.25) is 0 Å². The third-order valence-electron chi connectivity index (χ3n) is 3.77. The molecule has 4 nitrogen and oxygen atoms in total. The third kappa shape index (κ3) is 5.05. The summed E-state index contributed by atoms with van der Waals surface area (Å²) in [7, 11) is 3.54. The van der Waals surface area contributed by atoms with E-state index in [0.717, 1.165) is 31.3 Å². The van der Waals surface area contributed by atoms with Gasteiger partial charge in [-0.2, -0.15) is 0 Å². The molecule has 1 heterocycles. The highest BCUT2D eigenvalue weighted by molar-refractivity contribution is 14.0. The number of benzene rings is 1. The van der Waals surface area contributed by atoms with Crippen LogP contribution >= 0.6 is 24.0 Å². The van der Waals surface area contributed by atoms with Crippen LogP contribution in [0.15, 0.2) is 29.3 Å². The summed E-state index contributed by atoms with van der Waals surface area (Å²) in [5.41, 5.74) is 1.58. The van der Waals surface area contributed by atoms with Gasteiger partial charge in [0.2, 0.25) is 0 Å². The summed E-state index contributed by atoms with van der Waals surface area (Å²) in [5.74, 6) is 1.87. The Balaban J connectivity index is 0.00000220. The van der Waals surface area contributed by atoms with Crippen molar-refractivity contribution in [2.75, 3.05) is 27.2 Å². The molecule has 0 spiro atoms. The average molecular weight is 403 g/mol. The molecule has 0 saturated carbocycles. The zero-order valence-electron chi connectivity index (χ0n) is 13.3. The highest BCUT2D eigenvalue weighted by Gasteiger charge is 2.30. The van der Waals surface area contributed by atoms with Crippen LogP contribution in [0.4, 0.5) is 0 Å². The summed E-state index contributed by atoms with van der Waals surface area (Å²) in [6.07, 6.45) is 1.22. The SMILES string of the molecule is CN=C(NCc1cccc(OC)c1)N1CCC(C)(C)C1.I. The van der Waals surface area contributed by atoms with Crippen molar-refractivity contribution < 1.29 is 4.74 Å². The van der Waals surface area contributed by atoms with Gasteiger partial charge < -0.3 is 15.0 Å². The van der Waals surface area contributed by atoms with Crippen LogP contribution in [0.25, 0.3) is 0 Å². The van der Waals surface area contributed by atoms with Crippen molar-refractivity contribution in [1.82, 2.24) is 10.2 Å². The zero-order valence-corrected chi connectivity index (χ0v) is 15.7. The predicted molar refractivity (Wildman–Crippen MR) is 98.6 cm³/mol. The van der Waals surface area contributed by atoms with Gasteiger partial charge in [-0.05, 0) is 29.5 Å². The van der Waals surface area contributed by atoms with E-state index in [0.29, 0.717) is 5.41 Å². The first-order valence-corrected chi connectivity index (χ1v) is 7.12. The van der Waals surface area contributed by atoms with Crippen molar-refractivity contribution in [3.63, 3.8) is 0 Å². The molecule has 21 heavy (non-hydrogen) atoms. The van der Waals surface area contributed by atoms with Crippen LogP contribution < -0.4 is 10.1 Å². The smallest absolute Gasteiger partial charge is 0.193 e. The summed E-state index contributed by atoms with van der Waals surface area (Å²) < 4.78 is 5.25. The molecule has 0 radical (unpaired) electrons. The van der Waals surface area contributed by atoms with Gasteiger partial charge >= 0.3 is 0 Å². The molecular formula is C16H26IN3O. The number of halogens is 1. The van der Waals surface area contributed by atoms with Crippen molar-refractivity contribution in [3.05, 3.63) is 29.8 Å². The predicted octanol–water partition coefficient (Wildman–Crippen LogP) is 3.12. The Kier molecular flexibility index (Phi) is 6.77. The zero-order chi connectivity index (χ0) is 14.6. The van der Waals surface area contributed by atoms with Gasteiger partial charge in [0.05, 0.1) is 7.11 Å². The van der Waals surface area contributed by atoms with Gasteiger partial charge in [0.25, 0.3) is 0 Å². The molecule has 1 aliphatic rings. The van der Waals surface area contributed by atoms with Crippen LogP contribution in [-0.4, -0.2) is 38.1 Å². The number of hydrogen-bond donors (Lipinski definition) is 1. The van der Waals surface area contributed by atoms with Gasteiger partial charge in [-0.3, -0.25) is 4.99 Å². The molecule has 0 atom stereocenters. The Morgan fingerprint density at radius 1 is 1.43 bits per heavy atom. The maximum atomic E-state index is 5.25. The molecule has 1 saturated heterocycles. The minimum atomic E-state index is 0. The standard InChI is InChI=1S/C16H25N3O.HI/c1-16(2)8-9-19(12-16)15(17-3)18-11-13-6-5-7-14(10-13)20-4;/h5-7,10H,8-9,11-12H2,1-4H3,(H,17,18);1H. The van der Waals surface area contributed by atoms with E-state index in [-0.39, 0.29) is 24.0 Å². The fourth-order valence-electron chi connectivity index (χ4n) is 2.59. The van der Waals surface area contributed by atoms with Crippen LogP contribution in [-0.2, 0) is 6.54 Å². The van der Waals surface area contributed by atoms with Gasteiger partial charge in [0, 0.05) is 26.7 Å². The number of aliphatic imine (C=N–C) groups is 1. The molecule has 2 rings (SSSR count). The highest BCUT2D eigenvalue weighted by Crippen LogP contribution is 2.28. The monoisotopic (exact) mass is 403 g/mol. The van der Waals surface area contributed by atoms with Crippen LogP contribution in [0.3, 0.4) is 0 Å². The Hall–Kier alpha value is -0.980. The lowest BCUT2D eigenvalue weighted by atomic mass is 9.93. The van der Waals surface area contributed by atoms with E-state index >= 15 is 0 Å². The molecule has 118 valence electrons. The molecule has 5 heteroatoms. The Morgan fingerprint density at radius 3 is 2.76 bits per heavy atom. The average Bonchev–Trinajstić information content (AvgIpc) is 2.80. The van der Waals surface area contributed by atoms with E-state index in [2.05, 4.69) is 35.1 Å². The minimum absolute atomic E-state index is 0. The largest absolute Gasteiger partial charge is 0.497 e. The molecular weight excluding hydrogens is 377 g/mol. The first kappa shape index (κ1) is 18.1. The molecule has 0 bridgehead atoms. The van der Waals surface area contributed by atoms with Crippen molar-refractivity contribution in [2.24, 2.45) is 10.4 Å². The maximum absolute atomic E-state index is 5.25. The van der Waals surface area contributed by atoms with Crippen LogP contribution in [0.1, 0.15) is 25.8 Å². The topological polar surface area (TPSA) is 36.9 Å². The van der Waals surface area contributed by atoms with Crippen molar-refractivity contribution >= 4 is 29.9 Å². The van der Waals surface area contributed by atoms with Crippen molar-refractivity contribution in [2.45, 2.75) is 26.8 Å². The highest BCUT2D eigenvalue weighted by atomic mass is 127. The second-order valence-electron chi connectivity index (χ2n) is 6.09. The number of ether oxygens (including phenoxy) is 1. The second kappa shape index (κ2) is 7.87. The van der Waals surface area contributed by atoms with E-state index in [4.69, 9.17) is 4.74 Å². The molecule has 0 amide bonds. The summed E-state index contributed by atoms with van der Waals surface area (Å²) >= 11 is 0. The van der Waals surface area contributed by atoms with E-state index < -0.39 is 0 Å². The lowest BCUT2D eigenvalue weighted by Gasteiger charge is -2.23. The van der Waals surface area contributed by atoms with E-state index in [1.807, 2.05) is 25.2 Å². The lowest BCUT2D eigenvalue weighted by Crippen LogP contribution is -2.40. The number of nitrogens with one attached hydrogen (secondary N) is 1.